The quantitative estimate of drug-likeness (QED) is 0.707. The van der Waals surface area contributed by atoms with Crippen LogP contribution in [0.15, 0.2) is 54.6 Å². The second kappa shape index (κ2) is 9.44. The normalized spacial score (nSPS) is 28.6. The van der Waals surface area contributed by atoms with Crippen LogP contribution in [0.5, 0.6) is 0 Å². The molecule has 5 nitrogen and oxygen atoms in total. The summed E-state index contributed by atoms with van der Waals surface area (Å²) in [5.74, 6) is 1.11. The van der Waals surface area contributed by atoms with E-state index in [1.54, 1.807) is 0 Å². The highest BCUT2D eigenvalue weighted by molar-refractivity contribution is 5.94. The smallest absolute Gasteiger partial charge is 0.251 e. The lowest BCUT2D eigenvalue weighted by Crippen LogP contribution is -2.60. The van der Waals surface area contributed by atoms with E-state index in [2.05, 4.69) is 40.5 Å². The van der Waals surface area contributed by atoms with Gasteiger partial charge in [0.15, 0.2) is 0 Å². The van der Waals surface area contributed by atoms with Gasteiger partial charge < -0.3 is 15.1 Å². The monoisotopic (exact) mass is 459 g/mol. The highest BCUT2D eigenvalue weighted by Crippen LogP contribution is 2.52. The Morgan fingerprint density at radius 3 is 2.53 bits per heavy atom. The van der Waals surface area contributed by atoms with Crippen LogP contribution in [0.3, 0.4) is 0 Å². The first kappa shape index (κ1) is 22.9. The maximum atomic E-state index is 13.3. The SMILES string of the molecule is CN(C)c1ccc(C(=O)N[C@H]2CC[C@@]34CCCN3C(=O)CCC[C@H]4[C@H]2Cc2ccccc2)cc1. The fraction of sp³-hybridized carbons (Fsp3) is 0.517. The molecule has 180 valence electrons. The second-order valence-electron chi connectivity index (χ2n) is 10.7. The van der Waals surface area contributed by atoms with Crippen LogP contribution in [-0.2, 0) is 11.2 Å². The zero-order chi connectivity index (χ0) is 23.7. The number of nitrogens with zero attached hydrogens (tertiary/aromatic N) is 2. The average Bonchev–Trinajstić information content (AvgIpc) is 3.21. The van der Waals surface area contributed by atoms with E-state index >= 15 is 0 Å². The molecule has 0 radical (unpaired) electrons. The van der Waals surface area contributed by atoms with Crippen molar-refractivity contribution in [2.24, 2.45) is 11.8 Å². The molecule has 1 aliphatic carbocycles. The van der Waals surface area contributed by atoms with Crippen LogP contribution in [0.25, 0.3) is 0 Å². The largest absolute Gasteiger partial charge is 0.378 e. The summed E-state index contributed by atoms with van der Waals surface area (Å²) in [6.45, 7) is 0.905. The van der Waals surface area contributed by atoms with Crippen LogP contribution in [0.2, 0.25) is 0 Å². The van der Waals surface area contributed by atoms with E-state index in [9.17, 15) is 9.59 Å². The number of carbonyl (C=O) groups is 2. The molecule has 1 spiro atoms. The lowest BCUT2D eigenvalue weighted by molar-refractivity contribution is -0.138. The van der Waals surface area contributed by atoms with Crippen LogP contribution in [-0.4, -0.2) is 48.9 Å². The molecule has 2 aromatic rings. The Labute approximate surface area is 203 Å². The Morgan fingerprint density at radius 1 is 1.03 bits per heavy atom. The van der Waals surface area contributed by atoms with E-state index in [0.29, 0.717) is 29.7 Å². The van der Waals surface area contributed by atoms with E-state index in [0.717, 1.165) is 57.2 Å². The third-order valence-corrected chi connectivity index (χ3v) is 8.62. The molecule has 4 atom stereocenters. The molecule has 2 heterocycles. The highest BCUT2D eigenvalue weighted by Gasteiger charge is 2.56. The zero-order valence-electron chi connectivity index (χ0n) is 20.5. The van der Waals surface area contributed by atoms with Gasteiger partial charge in [-0.3, -0.25) is 9.59 Å². The Morgan fingerprint density at radius 2 is 1.79 bits per heavy atom. The standard InChI is InChI=1S/C29H37N3O2/c1-31(2)23-14-12-22(13-15-23)28(34)30-26-16-18-29-17-7-19-32(29)27(33)11-6-10-25(29)24(26)20-21-8-4-3-5-9-21/h3-5,8-9,12-15,24-26H,6-7,10-11,16-20H2,1-2H3,(H,30,34)/t24-,25+,26+,29-/m1/s1. The second-order valence-corrected chi connectivity index (χ2v) is 10.7. The zero-order valence-corrected chi connectivity index (χ0v) is 20.5. The van der Waals surface area contributed by atoms with Crippen molar-refractivity contribution in [1.29, 1.82) is 0 Å². The molecule has 1 saturated carbocycles. The molecule has 5 rings (SSSR count). The van der Waals surface area contributed by atoms with Crippen molar-refractivity contribution in [3.8, 4) is 0 Å². The maximum absolute atomic E-state index is 13.3. The van der Waals surface area contributed by atoms with Crippen molar-refractivity contribution in [2.75, 3.05) is 25.5 Å². The molecule has 2 aliphatic heterocycles. The van der Waals surface area contributed by atoms with E-state index in [1.165, 1.54) is 5.56 Å². The average molecular weight is 460 g/mol. The minimum atomic E-state index is -0.0123. The van der Waals surface area contributed by atoms with Gasteiger partial charge in [-0.05, 0) is 86.6 Å². The summed E-state index contributed by atoms with van der Waals surface area (Å²) in [4.78, 5) is 30.6. The molecule has 2 aromatic carbocycles. The first-order valence-electron chi connectivity index (χ1n) is 12.9. The summed E-state index contributed by atoms with van der Waals surface area (Å²) >= 11 is 0. The van der Waals surface area contributed by atoms with Gasteiger partial charge in [-0.25, -0.2) is 0 Å². The number of hydrogen-bond acceptors (Lipinski definition) is 3. The van der Waals surface area contributed by atoms with Gasteiger partial charge in [0.05, 0.1) is 0 Å². The Bertz CT molecular complexity index is 1020. The number of nitrogens with one attached hydrogen (secondary N) is 1. The number of rotatable bonds is 5. The summed E-state index contributed by atoms with van der Waals surface area (Å²) in [5, 5.41) is 3.44. The summed E-state index contributed by atoms with van der Waals surface area (Å²) in [7, 11) is 4.01. The van der Waals surface area contributed by atoms with Gasteiger partial charge in [0.1, 0.15) is 0 Å². The fourth-order valence-electron chi connectivity index (χ4n) is 7.01. The molecule has 3 fully saturated rings. The van der Waals surface area contributed by atoms with Crippen molar-refractivity contribution in [3.05, 3.63) is 65.7 Å². The first-order chi connectivity index (χ1) is 16.5. The molecule has 5 heteroatoms. The molecule has 0 unspecified atom stereocenters. The van der Waals surface area contributed by atoms with E-state index in [1.807, 2.05) is 43.3 Å². The van der Waals surface area contributed by atoms with Gasteiger partial charge in [0.2, 0.25) is 5.91 Å². The van der Waals surface area contributed by atoms with Crippen LogP contribution in [0.1, 0.15) is 60.9 Å². The van der Waals surface area contributed by atoms with Gasteiger partial charge >= 0.3 is 0 Å². The molecule has 0 aromatic heterocycles. The third kappa shape index (κ3) is 4.21. The number of anilines is 1. The minimum Gasteiger partial charge on any atom is -0.378 e. The van der Waals surface area contributed by atoms with Crippen molar-refractivity contribution >= 4 is 17.5 Å². The summed E-state index contributed by atoms with van der Waals surface area (Å²) in [6, 6.07) is 18.6. The fourth-order valence-corrected chi connectivity index (χ4v) is 7.01. The molecule has 0 bridgehead atoms. The molecular formula is C29H37N3O2. The number of hydrogen-bond donors (Lipinski definition) is 1. The van der Waals surface area contributed by atoms with Gasteiger partial charge in [-0.1, -0.05) is 30.3 Å². The molecule has 1 N–H and O–H groups in total. The van der Waals surface area contributed by atoms with Crippen LogP contribution >= 0.6 is 0 Å². The summed E-state index contributed by atoms with van der Waals surface area (Å²) in [6.07, 6.45) is 7.80. The number of amides is 2. The van der Waals surface area contributed by atoms with Crippen molar-refractivity contribution in [2.45, 2.75) is 62.9 Å². The van der Waals surface area contributed by atoms with Crippen molar-refractivity contribution in [1.82, 2.24) is 10.2 Å². The predicted molar refractivity (Wildman–Crippen MR) is 136 cm³/mol. The first-order valence-corrected chi connectivity index (χ1v) is 12.9. The van der Waals surface area contributed by atoms with Gasteiger partial charge in [0, 0.05) is 49.9 Å². The van der Waals surface area contributed by atoms with Crippen LogP contribution in [0.4, 0.5) is 5.69 Å². The lowest BCUT2D eigenvalue weighted by Gasteiger charge is -2.53. The maximum Gasteiger partial charge on any atom is 0.251 e. The van der Waals surface area contributed by atoms with Gasteiger partial charge in [0.25, 0.3) is 5.91 Å². The Balaban J connectivity index is 1.43. The topological polar surface area (TPSA) is 52.7 Å². The number of benzene rings is 2. The third-order valence-electron chi connectivity index (χ3n) is 8.62. The van der Waals surface area contributed by atoms with Gasteiger partial charge in [-0.2, -0.15) is 0 Å². The van der Waals surface area contributed by atoms with Crippen LogP contribution < -0.4 is 10.2 Å². The van der Waals surface area contributed by atoms with Gasteiger partial charge in [-0.15, -0.1) is 0 Å². The van der Waals surface area contributed by atoms with E-state index in [4.69, 9.17) is 0 Å². The van der Waals surface area contributed by atoms with E-state index in [-0.39, 0.29) is 17.5 Å². The Kier molecular flexibility index (Phi) is 6.37. The van der Waals surface area contributed by atoms with Crippen LogP contribution in [0, 0.1) is 11.8 Å². The van der Waals surface area contributed by atoms with Crippen molar-refractivity contribution in [3.63, 3.8) is 0 Å². The molecular weight excluding hydrogens is 422 g/mol. The van der Waals surface area contributed by atoms with E-state index < -0.39 is 0 Å². The molecule has 34 heavy (non-hydrogen) atoms. The molecule has 2 saturated heterocycles. The predicted octanol–water partition coefficient (Wildman–Crippen LogP) is 4.67. The number of carbonyl (C=O) groups excluding carboxylic acids is 2. The molecule has 2 amide bonds. The molecule has 3 aliphatic rings. The highest BCUT2D eigenvalue weighted by atomic mass is 16.2. The summed E-state index contributed by atoms with van der Waals surface area (Å²) in [5.41, 5.74) is 3.10. The Hall–Kier alpha value is -2.82. The van der Waals surface area contributed by atoms with Crippen molar-refractivity contribution < 1.29 is 9.59 Å². The summed E-state index contributed by atoms with van der Waals surface area (Å²) < 4.78 is 0. The minimum absolute atomic E-state index is 0.0114. The lowest BCUT2D eigenvalue weighted by atomic mass is 9.61.